The van der Waals surface area contributed by atoms with Crippen molar-refractivity contribution in [3.63, 3.8) is 0 Å². The average Bonchev–Trinajstić information content (AvgIpc) is 3.54. The molecule has 0 saturated carbocycles. The summed E-state index contributed by atoms with van der Waals surface area (Å²) >= 11 is 0. The Labute approximate surface area is 346 Å². The zero-order chi connectivity index (χ0) is 39.9. The number of hydrogen-bond donors (Lipinski definition) is 1. The molecule has 9 aromatic carbocycles. The zero-order valence-corrected chi connectivity index (χ0v) is 33.2. The quantitative estimate of drug-likeness (QED) is 0.150. The molecule has 9 aromatic rings. The van der Waals surface area contributed by atoms with Crippen molar-refractivity contribution in [2.24, 2.45) is 4.99 Å². The van der Waals surface area contributed by atoms with Gasteiger partial charge in [-0.15, -0.1) is 0 Å². The van der Waals surface area contributed by atoms with Crippen LogP contribution in [0.2, 0.25) is 0 Å². The zero-order valence-electron chi connectivity index (χ0n) is 33.2. The monoisotopic (exact) mass is 754 g/mol. The average molecular weight is 755 g/mol. The molecule has 1 aliphatic rings. The number of nitrogens with one attached hydrogen (secondary N) is 1. The Bertz CT molecular complexity index is 3110. The van der Waals surface area contributed by atoms with Crippen LogP contribution in [0.3, 0.4) is 0 Å². The van der Waals surface area contributed by atoms with Crippen molar-refractivity contribution in [1.29, 1.82) is 5.41 Å². The molecule has 0 bridgehead atoms. The predicted molar refractivity (Wildman–Crippen MR) is 251 cm³/mol. The summed E-state index contributed by atoms with van der Waals surface area (Å²) in [6.45, 7) is 4.72. The standard InChI is InChI=1S/C57H42N2/c1-57(2)51-26-14-25-49(56(51)55-48-23-10-9-17-40(48)32-34-52(55)57)44-21-13-20-43(35-44)47-33-31-45(46-22-11-12-24-50(46)47)37-59-54(36-53(58)41-18-7-4-8-19-41)42-29-27-39(28-30-42)38-15-5-3-6-16-38/h3-37,58H,1-2H3/b54-36-,58-53?,59-37?. The SMILES string of the molecule is CC1(C)c2cccc(-c3cccc(-c4ccc(C=N/C(=C\C(=N)c5ccccc5)c5ccc(-c6ccccc6)cc5)c5ccccc45)c3)c2-c2c1ccc1ccccc21. The lowest BCUT2D eigenvalue weighted by Crippen LogP contribution is -2.14. The number of allylic oxidation sites excluding steroid dienone is 1. The Kier molecular flexibility index (Phi) is 9.03. The van der Waals surface area contributed by atoms with Gasteiger partial charge in [-0.05, 0) is 94.9 Å². The number of aliphatic imine (C=N–C) groups is 1. The van der Waals surface area contributed by atoms with Gasteiger partial charge in [0.2, 0.25) is 0 Å². The van der Waals surface area contributed by atoms with Gasteiger partial charge in [-0.2, -0.15) is 0 Å². The summed E-state index contributed by atoms with van der Waals surface area (Å²) in [5, 5.41) is 13.9. The van der Waals surface area contributed by atoms with E-state index in [-0.39, 0.29) is 5.41 Å². The van der Waals surface area contributed by atoms with Gasteiger partial charge in [0.15, 0.2) is 0 Å². The van der Waals surface area contributed by atoms with Crippen molar-refractivity contribution in [2.75, 3.05) is 0 Å². The second-order valence-corrected chi connectivity index (χ2v) is 15.9. The highest BCUT2D eigenvalue weighted by atomic mass is 14.7. The summed E-state index contributed by atoms with van der Waals surface area (Å²) in [6, 6.07) is 71.0. The highest BCUT2D eigenvalue weighted by Crippen LogP contribution is 2.54. The molecule has 0 heterocycles. The molecule has 2 heteroatoms. The van der Waals surface area contributed by atoms with E-state index in [9.17, 15) is 0 Å². The maximum atomic E-state index is 8.98. The molecule has 2 nitrogen and oxygen atoms in total. The molecule has 1 N–H and O–H groups in total. The van der Waals surface area contributed by atoms with Crippen LogP contribution in [0.1, 0.15) is 41.7 Å². The van der Waals surface area contributed by atoms with Crippen LogP contribution < -0.4 is 0 Å². The third-order valence-corrected chi connectivity index (χ3v) is 12.0. The molecule has 10 rings (SSSR count). The van der Waals surface area contributed by atoms with Crippen LogP contribution in [0.4, 0.5) is 0 Å². The molecule has 0 saturated heterocycles. The summed E-state index contributed by atoms with van der Waals surface area (Å²) in [5.74, 6) is 0. The Balaban J connectivity index is 1.04. The molecule has 0 amide bonds. The van der Waals surface area contributed by atoms with E-state index in [2.05, 4.69) is 178 Å². The summed E-state index contributed by atoms with van der Waals surface area (Å²) in [4.78, 5) is 5.12. The van der Waals surface area contributed by atoms with Gasteiger partial charge < -0.3 is 5.41 Å². The summed E-state index contributed by atoms with van der Waals surface area (Å²) < 4.78 is 0. The third kappa shape index (κ3) is 6.49. The summed E-state index contributed by atoms with van der Waals surface area (Å²) in [5.41, 5.74) is 16.4. The van der Waals surface area contributed by atoms with Gasteiger partial charge in [0, 0.05) is 22.8 Å². The third-order valence-electron chi connectivity index (χ3n) is 12.0. The lowest BCUT2D eigenvalue weighted by Gasteiger charge is -2.21. The Hall–Kier alpha value is -7.42. The highest BCUT2D eigenvalue weighted by Gasteiger charge is 2.37. The van der Waals surface area contributed by atoms with E-state index < -0.39 is 0 Å². The number of rotatable bonds is 8. The van der Waals surface area contributed by atoms with Gasteiger partial charge in [0.25, 0.3) is 0 Å². The lowest BCUT2D eigenvalue weighted by molar-refractivity contribution is 0.661. The molecule has 0 radical (unpaired) electrons. The van der Waals surface area contributed by atoms with Gasteiger partial charge >= 0.3 is 0 Å². The largest absolute Gasteiger partial charge is 0.300 e. The number of nitrogens with zero attached hydrogens (tertiary/aromatic N) is 1. The molecular weight excluding hydrogens is 713 g/mol. The van der Waals surface area contributed by atoms with Crippen LogP contribution in [0.25, 0.3) is 71.7 Å². The van der Waals surface area contributed by atoms with Crippen molar-refractivity contribution < 1.29 is 0 Å². The molecule has 0 atom stereocenters. The van der Waals surface area contributed by atoms with E-state index in [1.54, 1.807) is 0 Å². The van der Waals surface area contributed by atoms with Crippen LogP contribution in [0.5, 0.6) is 0 Å². The fourth-order valence-electron chi connectivity index (χ4n) is 8.97. The Morgan fingerprint density at radius 3 is 1.85 bits per heavy atom. The van der Waals surface area contributed by atoms with E-state index in [1.165, 1.54) is 60.7 Å². The molecule has 0 spiro atoms. The molecule has 0 aromatic heterocycles. The van der Waals surface area contributed by atoms with Crippen LogP contribution in [-0.4, -0.2) is 11.9 Å². The van der Waals surface area contributed by atoms with E-state index in [0.29, 0.717) is 5.71 Å². The van der Waals surface area contributed by atoms with Gasteiger partial charge in [-0.25, -0.2) is 0 Å². The summed E-state index contributed by atoms with van der Waals surface area (Å²) in [7, 11) is 0. The van der Waals surface area contributed by atoms with Crippen molar-refractivity contribution >= 4 is 39.2 Å². The maximum Gasteiger partial charge on any atom is 0.0723 e. The van der Waals surface area contributed by atoms with Crippen molar-refractivity contribution in [1.82, 2.24) is 0 Å². The molecular formula is C57H42N2. The van der Waals surface area contributed by atoms with Gasteiger partial charge in [-0.1, -0.05) is 208 Å². The molecule has 59 heavy (non-hydrogen) atoms. The first-order valence-corrected chi connectivity index (χ1v) is 20.3. The minimum atomic E-state index is -0.0988. The second-order valence-electron chi connectivity index (χ2n) is 15.9. The van der Waals surface area contributed by atoms with E-state index in [0.717, 1.165) is 38.9 Å². The van der Waals surface area contributed by atoms with Crippen molar-refractivity contribution in [3.8, 4) is 44.5 Å². The molecule has 0 fully saturated rings. The van der Waals surface area contributed by atoms with Crippen molar-refractivity contribution in [2.45, 2.75) is 19.3 Å². The van der Waals surface area contributed by atoms with Crippen LogP contribution in [-0.2, 0) is 5.41 Å². The van der Waals surface area contributed by atoms with Crippen LogP contribution in [0, 0.1) is 5.41 Å². The molecule has 1 aliphatic carbocycles. The first-order chi connectivity index (χ1) is 28.9. The molecule has 0 unspecified atom stereocenters. The van der Waals surface area contributed by atoms with E-state index in [4.69, 9.17) is 10.4 Å². The summed E-state index contributed by atoms with van der Waals surface area (Å²) in [6.07, 6.45) is 3.82. The second kappa shape index (κ2) is 14.8. The lowest BCUT2D eigenvalue weighted by atomic mass is 9.81. The fraction of sp³-hybridized carbons (Fsp3) is 0.0526. The Morgan fingerprint density at radius 2 is 1.07 bits per heavy atom. The molecule has 0 aliphatic heterocycles. The minimum Gasteiger partial charge on any atom is -0.300 e. The van der Waals surface area contributed by atoms with Crippen LogP contribution in [0.15, 0.2) is 211 Å². The first-order valence-electron chi connectivity index (χ1n) is 20.3. The molecule has 280 valence electrons. The topological polar surface area (TPSA) is 36.2 Å². The number of hydrogen-bond acceptors (Lipinski definition) is 2. The number of fused-ring (bicyclic) bond motifs is 6. The predicted octanol–water partition coefficient (Wildman–Crippen LogP) is 14.8. The van der Waals surface area contributed by atoms with Gasteiger partial charge in [-0.3, -0.25) is 4.99 Å². The normalized spacial score (nSPS) is 13.2. The number of benzene rings is 9. The fourth-order valence-corrected chi connectivity index (χ4v) is 8.97. The van der Waals surface area contributed by atoms with E-state index >= 15 is 0 Å². The highest BCUT2D eigenvalue weighted by molar-refractivity contribution is 6.12. The Morgan fingerprint density at radius 1 is 0.458 bits per heavy atom. The van der Waals surface area contributed by atoms with Gasteiger partial charge in [0.1, 0.15) is 0 Å². The minimum absolute atomic E-state index is 0.0988. The van der Waals surface area contributed by atoms with Gasteiger partial charge in [0.05, 0.1) is 11.4 Å². The maximum absolute atomic E-state index is 8.98. The van der Waals surface area contributed by atoms with Crippen LogP contribution >= 0.6 is 0 Å². The smallest absolute Gasteiger partial charge is 0.0723 e. The first kappa shape index (κ1) is 36.0. The van der Waals surface area contributed by atoms with E-state index in [1.807, 2.05) is 48.7 Å². The van der Waals surface area contributed by atoms with Crippen molar-refractivity contribution in [3.05, 3.63) is 234 Å².